The van der Waals surface area contributed by atoms with Crippen molar-refractivity contribution in [3.8, 4) is 0 Å². The number of halogens is 2. The number of aromatic nitrogens is 1. The van der Waals surface area contributed by atoms with Crippen LogP contribution < -0.4 is 5.32 Å². The van der Waals surface area contributed by atoms with Gasteiger partial charge in [0.05, 0.1) is 25.0 Å². The molecule has 1 atom stereocenters. The van der Waals surface area contributed by atoms with Crippen molar-refractivity contribution in [2.24, 2.45) is 4.99 Å². The van der Waals surface area contributed by atoms with Gasteiger partial charge in [-0.25, -0.2) is 14.2 Å². The van der Waals surface area contributed by atoms with E-state index in [9.17, 15) is 9.18 Å². The van der Waals surface area contributed by atoms with E-state index >= 15 is 0 Å². The summed E-state index contributed by atoms with van der Waals surface area (Å²) in [6, 6.07) is 3.22. The summed E-state index contributed by atoms with van der Waals surface area (Å²) in [5.41, 5.74) is 1.28. The van der Waals surface area contributed by atoms with Gasteiger partial charge in [0.15, 0.2) is 10.8 Å². The normalized spacial score (nSPS) is 16.6. The van der Waals surface area contributed by atoms with E-state index in [-0.39, 0.29) is 17.2 Å². The van der Waals surface area contributed by atoms with Gasteiger partial charge in [0.1, 0.15) is 11.9 Å². The highest BCUT2D eigenvalue weighted by atomic mass is 35.5. The third-order valence-electron chi connectivity index (χ3n) is 4.02. The second-order valence-electron chi connectivity index (χ2n) is 5.94. The maximum Gasteiger partial charge on any atom is 0.338 e. The Morgan fingerprint density at radius 2 is 2.25 bits per heavy atom. The standard InChI is InChI=1S/C19H19ClFN3O3S/c1-3-7-27-10-14-15(19(25)26-2)16(12-5-4-11(21)9-13(12)20)24-17(23-14)18-22-6-8-28-18/h4-6,8-9,16H,3,7,10H2,1-2H3,(H,23,24). The number of ether oxygens (including phenoxy) is 2. The van der Waals surface area contributed by atoms with Crippen molar-refractivity contribution in [1.29, 1.82) is 0 Å². The van der Waals surface area contributed by atoms with Gasteiger partial charge in [0.25, 0.3) is 0 Å². The highest BCUT2D eigenvalue weighted by Gasteiger charge is 2.33. The zero-order chi connectivity index (χ0) is 20.1. The van der Waals surface area contributed by atoms with Crippen molar-refractivity contribution in [3.05, 3.63) is 62.5 Å². The van der Waals surface area contributed by atoms with Gasteiger partial charge in [0, 0.05) is 28.8 Å². The number of esters is 1. The lowest BCUT2D eigenvalue weighted by atomic mass is 9.95. The number of aliphatic imine (C=N–C) groups is 1. The molecule has 1 N–H and O–H groups in total. The van der Waals surface area contributed by atoms with Crippen LogP contribution in [0.2, 0.25) is 5.02 Å². The number of nitrogens with one attached hydrogen (secondary N) is 1. The number of carbonyl (C=O) groups excluding carboxylic acids is 1. The number of amidine groups is 1. The van der Waals surface area contributed by atoms with E-state index in [0.717, 1.165) is 6.42 Å². The summed E-state index contributed by atoms with van der Waals surface area (Å²) in [5.74, 6) is -0.542. The fraction of sp³-hybridized carbons (Fsp3) is 0.316. The number of carbonyl (C=O) groups is 1. The van der Waals surface area contributed by atoms with Crippen LogP contribution in [0.3, 0.4) is 0 Å². The molecule has 1 aromatic carbocycles. The lowest BCUT2D eigenvalue weighted by molar-refractivity contribution is -0.136. The van der Waals surface area contributed by atoms with Crippen molar-refractivity contribution in [1.82, 2.24) is 10.3 Å². The molecule has 1 unspecified atom stereocenters. The van der Waals surface area contributed by atoms with Crippen LogP contribution in [0.25, 0.3) is 0 Å². The summed E-state index contributed by atoms with van der Waals surface area (Å²) < 4.78 is 24.2. The molecule has 6 nitrogen and oxygen atoms in total. The van der Waals surface area contributed by atoms with E-state index in [1.807, 2.05) is 12.3 Å². The van der Waals surface area contributed by atoms with E-state index in [0.29, 0.717) is 28.7 Å². The molecule has 0 spiro atoms. The van der Waals surface area contributed by atoms with Gasteiger partial charge < -0.3 is 14.8 Å². The van der Waals surface area contributed by atoms with Crippen molar-refractivity contribution in [2.75, 3.05) is 20.3 Å². The predicted octanol–water partition coefficient (Wildman–Crippen LogP) is 3.88. The van der Waals surface area contributed by atoms with Gasteiger partial charge in [-0.2, -0.15) is 0 Å². The Morgan fingerprint density at radius 3 is 2.89 bits per heavy atom. The molecule has 2 heterocycles. The number of nitrogens with zero attached hydrogens (tertiary/aromatic N) is 2. The molecule has 148 valence electrons. The van der Waals surface area contributed by atoms with Crippen LogP contribution in [0.1, 0.15) is 30.0 Å². The number of hydrogen-bond acceptors (Lipinski definition) is 7. The number of rotatable bonds is 7. The Hall–Kier alpha value is -2.29. The molecule has 1 aliphatic heterocycles. The minimum absolute atomic E-state index is 0.165. The van der Waals surface area contributed by atoms with E-state index in [1.165, 1.54) is 36.6 Å². The number of benzene rings is 1. The lowest BCUT2D eigenvalue weighted by Gasteiger charge is -2.27. The highest BCUT2D eigenvalue weighted by molar-refractivity contribution is 7.11. The first-order valence-corrected chi connectivity index (χ1v) is 9.89. The molecule has 0 amide bonds. The summed E-state index contributed by atoms with van der Waals surface area (Å²) in [7, 11) is 1.29. The smallest absolute Gasteiger partial charge is 0.338 e. The van der Waals surface area contributed by atoms with Gasteiger partial charge >= 0.3 is 5.97 Å². The van der Waals surface area contributed by atoms with E-state index in [4.69, 9.17) is 21.1 Å². The summed E-state index contributed by atoms with van der Waals surface area (Å²) in [5, 5.41) is 5.79. The van der Waals surface area contributed by atoms with Crippen molar-refractivity contribution >= 4 is 34.7 Å². The van der Waals surface area contributed by atoms with Gasteiger partial charge in [-0.1, -0.05) is 24.6 Å². The first-order chi connectivity index (χ1) is 13.5. The predicted molar refractivity (Wildman–Crippen MR) is 106 cm³/mol. The van der Waals surface area contributed by atoms with E-state index in [1.54, 1.807) is 6.20 Å². The van der Waals surface area contributed by atoms with Crippen LogP contribution in [-0.2, 0) is 14.3 Å². The third-order valence-corrected chi connectivity index (χ3v) is 5.13. The highest BCUT2D eigenvalue weighted by Crippen LogP contribution is 2.36. The van der Waals surface area contributed by atoms with Gasteiger partial charge in [-0.05, 0) is 18.6 Å². The number of hydrogen-bond donors (Lipinski definition) is 1. The van der Waals surface area contributed by atoms with Crippen LogP contribution in [0, 0.1) is 5.82 Å². The zero-order valence-corrected chi connectivity index (χ0v) is 16.9. The molecule has 0 bridgehead atoms. The first kappa shape index (κ1) is 20.4. The van der Waals surface area contributed by atoms with Crippen LogP contribution in [0.4, 0.5) is 4.39 Å². The molecule has 1 aliphatic rings. The number of thiazole rings is 1. The molecule has 0 saturated heterocycles. The summed E-state index contributed by atoms with van der Waals surface area (Å²) in [6.45, 7) is 2.69. The minimum Gasteiger partial charge on any atom is -0.466 e. The summed E-state index contributed by atoms with van der Waals surface area (Å²) >= 11 is 7.68. The Bertz CT molecular complexity index is 915. The quantitative estimate of drug-likeness (QED) is 0.540. The van der Waals surface area contributed by atoms with Gasteiger partial charge in [-0.15, -0.1) is 11.3 Å². The Labute approximate surface area is 171 Å². The van der Waals surface area contributed by atoms with Crippen LogP contribution in [0.15, 0.2) is 46.0 Å². The second-order valence-corrected chi connectivity index (χ2v) is 7.25. The van der Waals surface area contributed by atoms with Gasteiger partial charge in [0.2, 0.25) is 0 Å². The van der Waals surface area contributed by atoms with E-state index < -0.39 is 17.8 Å². The first-order valence-electron chi connectivity index (χ1n) is 8.63. The molecule has 0 saturated carbocycles. The van der Waals surface area contributed by atoms with Crippen LogP contribution in [0.5, 0.6) is 0 Å². The molecule has 2 aromatic rings. The molecule has 28 heavy (non-hydrogen) atoms. The lowest BCUT2D eigenvalue weighted by Crippen LogP contribution is -2.35. The maximum absolute atomic E-state index is 13.6. The average Bonchev–Trinajstić information content (AvgIpc) is 3.22. The largest absolute Gasteiger partial charge is 0.466 e. The Kier molecular flexibility index (Phi) is 6.77. The molecule has 0 radical (unpaired) electrons. The molecule has 1 aromatic heterocycles. The molecular weight excluding hydrogens is 405 g/mol. The summed E-state index contributed by atoms with van der Waals surface area (Å²) in [6.07, 6.45) is 2.50. The van der Waals surface area contributed by atoms with Crippen molar-refractivity contribution in [3.63, 3.8) is 0 Å². The van der Waals surface area contributed by atoms with Crippen molar-refractivity contribution in [2.45, 2.75) is 19.4 Å². The molecular formula is C19H19ClFN3O3S. The fourth-order valence-electron chi connectivity index (χ4n) is 2.78. The van der Waals surface area contributed by atoms with Crippen LogP contribution in [-0.4, -0.2) is 37.1 Å². The molecule has 9 heteroatoms. The average molecular weight is 424 g/mol. The van der Waals surface area contributed by atoms with Crippen molar-refractivity contribution < 1.29 is 18.7 Å². The summed E-state index contributed by atoms with van der Waals surface area (Å²) in [4.78, 5) is 21.5. The third kappa shape index (κ3) is 4.40. The minimum atomic E-state index is -0.777. The van der Waals surface area contributed by atoms with Gasteiger partial charge in [-0.3, -0.25) is 4.99 Å². The van der Waals surface area contributed by atoms with E-state index in [2.05, 4.69) is 15.3 Å². The molecule has 0 aliphatic carbocycles. The second kappa shape index (κ2) is 9.27. The number of methoxy groups -OCH3 is 1. The zero-order valence-electron chi connectivity index (χ0n) is 15.4. The molecule has 3 rings (SSSR count). The van der Waals surface area contributed by atoms with Crippen LogP contribution >= 0.6 is 22.9 Å². The molecule has 0 fully saturated rings. The SMILES string of the molecule is CCCOCC1=C(C(=O)OC)C(c2ccc(F)cc2Cl)N=C(c2nccs2)N1. The Morgan fingerprint density at radius 1 is 1.43 bits per heavy atom. The fourth-order valence-corrected chi connectivity index (χ4v) is 3.63. The topological polar surface area (TPSA) is 72.8 Å². The maximum atomic E-state index is 13.6. The Balaban J connectivity index is 2.11. The monoisotopic (exact) mass is 423 g/mol.